The number of rotatable bonds is 5. The summed E-state index contributed by atoms with van der Waals surface area (Å²) in [6, 6.07) is 14.2. The number of amides is 1. The van der Waals surface area contributed by atoms with Crippen molar-refractivity contribution < 1.29 is 9.72 Å². The normalized spacial score (nSPS) is 10.3. The Hall–Kier alpha value is -2.69. The molecule has 5 heteroatoms. The molecule has 0 aromatic heterocycles. The summed E-state index contributed by atoms with van der Waals surface area (Å²) < 4.78 is 0. The number of aryl methyl sites for hydroxylation is 1. The van der Waals surface area contributed by atoms with Gasteiger partial charge < -0.3 is 4.90 Å². The minimum atomic E-state index is -0.439. The summed E-state index contributed by atoms with van der Waals surface area (Å²) in [6.45, 7) is 4.65. The molecule has 2 aromatic carbocycles. The molecule has 114 valence electrons. The molecule has 0 aliphatic carbocycles. The Labute approximate surface area is 129 Å². The minimum absolute atomic E-state index is 0.0302. The number of carbonyl (C=O) groups is 1. The molecular formula is C17H18N2O3. The van der Waals surface area contributed by atoms with Gasteiger partial charge in [-0.05, 0) is 31.5 Å². The molecule has 0 saturated heterocycles. The molecule has 0 saturated carbocycles. The summed E-state index contributed by atoms with van der Waals surface area (Å²) in [7, 11) is 0. The Morgan fingerprint density at radius 1 is 1.18 bits per heavy atom. The van der Waals surface area contributed by atoms with E-state index in [1.54, 1.807) is 17.9 Å². The second-order valence-electron chi connectivity index (χ2n) is 5.06. The Morgan fingerprint density at radius 3 is 2.41 bits per heavy atom. The van der Waals surface area contributed by atoms with Crippen LogP contribution < -0.4 is 0 Å². The van der Waals surface area contributed by atoms with Gasteiger partial charge in [0, 0.05) is 30.3 Å². The van der Waals surface area contributed by atoms with Crippen molar-refractivity contribution in [2.45, 2.75) is 20.4 Å². The van der Waals surface area contributed by atoms with Crippen LogP contribution in [0, 0.1) is 17.0 Å². The minimum Gasteiger partial charge on any atom is -0.335 e. The van der Waals surface area contributed by atoms with Gasteiger partial charge in [0.2, 0.25) is 0 Å². The molecule has 2 rings (SSSR count). The van der Waals surface area contributed by atoms with Crippen LogP contribution in [-0.2, 0) is 6.54 Å². The molecule has 5 nitrogen and oxygen atoms in total. The van der Waals surface area contributed by atoms with Crippen LogP contribution in [-0.4, -0.2) is 22.3 Å². The van der Waals surface area contributed by atoms with Crippen LogP contribution in [0.25, 0.3) is 0 Å². The maximum atomic E-state index is 12.6. The zero-order chi connectivity index (χ0) is 16.1. The van der Waals surface area contributed by atoms with Crippen molar-refractivity contribution in [2.24, 2.45) is 0 Å². The molecule has 0 bridgehead atoms. The fraction of sp³-hybridized carbons (Fsp3) is 0.235. The molecular weight excluding hydrogens is 280 g/mol. The van der Waals surface area contributed by atoms with E-state index >= 15 is 0 Å². The second-order valence-corrected chi connectivity index (χ2v) is 5.06. The molecule has 0 spiro atoms. The average Bonchev–Trinajstić information content (AvgIpc) is 2.52. The van der Waals surface area contributed by atoms with Crippen LogP contribution in [0.5, 0.6) is 0 Å². The van der Waals surface area contributed by atoms with E-state index < -0.39 is 4.92 Å². The Morgan fingerprint density at radius 2 is 1.86 bits per heavy atom. The van der Waals surface area contributed by atoms with Crippen molar-refractivity contribution in [1.29, 1.82) is 0 Å². The van der Waals surface area contributed by atoms with Gasteiger partial charge in [0.05, 0.1) is 4.92 Å². The van der Waals surface area contributed by atoms with Gasteiger partial charge in [-0.15, -0.1) is 0 Å². The summed E-state index contributed by atoms with van der Waals surface area (Å²) >= 11 is 0. The van der Waals surface area contributed by atoms with Crippen LogP contribution in [0.2, 0.25) is 0 Å². The maximum Gasteiger partial charge on any atom is 0.272 e. The number of hydrogen-bond donors (Lipinski definition) is 0. The summed E-state index contributed by atoms with van der Waals surface area (Å²) in [4.78, 5) is 24.7. The van der Waals surface area contributed by atoms with E-state index in [-0.39, 0.29) is 11.6 Å². The third-order valence-corrected chi connectivity index (χ3v) is 3.53. The zero-order valence-electron chi connectivity index (χ0n) is 12.7. The van der Waals surface area contributed by atoms with Gasteiger partial charge in [-0.25, -0.2) is 0 Å². The van der Waals surface area contributed by atoms with Gasteiger partial charge in [-0.3, -0.25) is 14.9 Å². The third-order valence-electron chi connectivity index (χ3n) is 3.53. The van der Waals surface area contributed by atoms with Gasteiger partial charge in [-0.2, -0.15) is 0 Å². The highest BCUT2D eigenvalue weighted by Gasteiger charge is 2.18. The van der Waals surface area contributed by atoms with Gasteiger partial charge in [0.15, 0.2) is 0 Å². The van der Waals surface area contributed by atoms with Crippen LogP contribution >= 0.6 is 0 Å². The highest BCUT2D eigenvalue weighted by atomic mass is 16.6. The van der Waals surface area contributed by atoms with Crippen LogP contribution in [0.1, 0.15) is 28.4 Å². The van der Waals surface area contributed by atoms with E-state index in [1.165, 1.54) is 12.1 Å². The summed E-state index contributed by atoms with van der Waals surface area (Å²) in [5.74, 6) is -0.121. The molecule has 0 fully saturated rings. The Bertz CT molecular complexity index is 684. The summed E-state index contributed by atoms with van der Waals surface area (Å²) in [5, 5.41) is 10.8. The Kier molecular flexibility index (Phi) is 4.88. The van der Waals surface area contributed by atoms with E-state index in [2.05, 4.69) is 0 Å². The molecule has 0 unspecified atom stereocenters. The molecule has 0 aliphatic heterocycles. The molecule has 2 aromatic rings. The van der Waals surface area contributed by atoms with E-state index in [0.29, 0.717) is 24.2 Å². The van der Waals surface area contributed by atoms with Gasteiger partial charge in [0.1, 0.15) is 0 Å². The number of nitro benzene ring substituents is 1. The smallest absolute Gasteiger partial charge is 0.272 e. The molecule has 22 heavy (non-hydrogen) atoms. The standard InChI is InChI=1S/C17H18N2O3/c1-3-18(12-14-7-5-4-6-8-14)17(20)15-9-10-16(19(21)22)13(2)11-15/h4-11H,3,12H2,1-2H3. The van der Waals surface area contributed by atoms with Crippen LogP contribution in [0.4, 0.5) is 5.69 Å². The fourth-order valence-electron chi connectivity index (χ4n) is 2.31. The van der Waals surface area contributed by atoms with Crippen molar-refractivity contribution in [3.8, 4) is 0 Å². The average molecular weight is 298 g/mol. The predicted octanol–water partition coefficient (Wildman–Crippen LogP) is 3.57. The molecule has 0 atom stereocenters. The molecule has 0 heterocycles. The molecule has 0 radical (unpaired) electrons. The lowest BCUT2D eigenvalue weighted by atomic mass is 10.1. The van der Waals surface area contributed by atoms with Gasteiger partial charge in [-0.1, -0.05) is 30.3 Å². The van der Waals surface area contributed by atoms with E-state index in [0.717, 1.165) is 5.56 Å². The van der Waals surface area contributed by atoms with Gasteiger partial charge in [0.25, 0.3) is 11.6 Å². The third kappa shape index (κ3) is 3.49. The lowest BCUT2D eigenvalue weighted by Gasteiger charge is -2.21. The van der Waals surface area contributed by atoms with Gasteiger partial charge >= 0.3 is 0 Å². The second kappa shape index (κ2) is 6.85. The lowest BCUT2D eigenvalue weighted by molar-refractivity contribution is -0.385. The fourth-order valence-corrected chi connectivity index (χ4v) is 2.31. The highest BCUT2D eigenvalue weighted by Crippen LogP contribution is 2.20. The SMILES string of the molecule is CCN(Cc1ccccc1)C(=O)c1ccc([N+](=O)[O-])c(C)c1. The van der Waals surface area contributed by atoms with Crippen molar-refractivity contribution in [3.05, 3.63) is 75.3 Å². The van der Waals surface area contributed by atoms with E-state index in [4.69, 9.17) is 0 Å². The van der Waals surface area contributed by atoms with Crippen molar-refractivity contribution >= 4 is 11.6 Å². The maximum absolute atomic E-state index is 12.6. The number of carbonyl (C=O) groups excluding carboxylic acids is 1. The molecule has 0 N–H and O–H groups in total. The first kappa shape index (κ1) is 15.7. The predicted molar refractivity (Wildman–Crippen MR) is 84.7 cm³/mol. The lowest BCUT2D eigenvalue weighted by Crippen LogP contribution is -2.30. The number of nitrogens with zero attached hydrogens (tertiary/aromatic N) is 2. The largest absolute Gasteiger partial charge is 0.335 e. The number of benzene rings is 2. The first-order chi connectivity index (χ1) is 10.5. The summed E-state index contributed by atoms with van der Waals surface area (Å²) in [6.07, 6.45) is 0. The van der Waals surface area contributed by atoms with Crippen LogP contribution in [0.3, 0.4) is 0 Å². The first-order valence-electron chi connectivity index (χ1n) is 7.11. The van der Waals surface area contributed by atoms with E-state index in [9.17, 15) is 14.9 Å². The quantitative estimate of drug-likeness (QED) is 0.626. The Balaban J connectivity index is 2.21. The van der Waals surface area contributed by atoms with Crippen LogP contribution in [0.15, 0.2) is 48.5 Å². The van der Waals surface area contributed by atoms with Crippen molar-refractivity contribution in [3.63, 3.8) is 0 Å². The zero-order valence-corrected chi connectivity index (χ0v) is 12.7. The number of hydrogen-bond acceptors (Lipinski definition) is 3. The first-order valence-corrected chi connectivity index (χ1v) is 7.11. The number of nitro groups is 1. The van der Waals surface area contributed by atoms with E-state index in [1.807, 2.05) is 37.3 Å². The molecule has 1 amide bonds. The monoisotopic (exact) mass is 298 g/mol. The van der Waals surface area contributed by atoms with Crippen molar-refractivity contribution in [2.75, 3.05) is 6.54 Å². The highest BCUT2D eigenvalue weighted by molar-refractivity contribution is 5.94. The van der Waals surface area contributed by atoms with Crippen molar-refractivity contribution in [1.82, 2.24) is 4.90 Å². The molecule has 0 aliphatic rings. The summed E-state index contributed by atoms with van der Waals surface area (Å²) in [5.41, 5.74) is 2.05. The topological polar surface area (TPSA) is 63.5 Å².